The Balaban J connectivity index is 1.79. The molecule has 0 radical (unpaired) electrons. The number of methoxy groups -OCH3 is 1. The molecule has 0 heterocycles. The van der Waals surface area contributed by atoms with Crippen LogP contribution in [-0.4, -0.2) is 30.6 Å². The predicted octanol–water partition coefficient (Wildman–Crippen LogP) is 2.83. The van der Waals surface area contributed by atoms with Gasteiger partial charge in [-0.25, -0.2) is 0 Å². The zero-order chi connectivity index (χ0) is 19.8. The second kappa shape index (κ2) is 10.1. The normalized spacial score (nSPS) is 9.89. The van der Waals surface area contributed by atoms with Gasteiger partial charge in [0.1, 0.15) is 11.5 Å². The molecule has 0 fully saturated rings. The molecule has 0 atom stereocenters. The fraction of sp³-hybridized carbons (Fsp3) is 0.118. The number of hydrogen-bond acceptors (Lipinski definition) is 5. The second-order valence-electron chi connectivity index (χ2n) is 5.02. The average Bonchev–Trinajstić information content (AvgIpc) is 2.65. The number of rotatable bonds is 5. The molecule has 7 nitrogen and oxygen atoms in total. The summed E-state index contributed by atoms with van der Waals surface area (Å²) in [6.07, 6.45) is 0. The Hall–Kier alpha value is -2.36. The lowest BCUT2D eigenvalue weighted by Gasteiger charge is -2.13. The molecule has 2 aromatic carbocycles. The number of thiocarbonyl (C=S) groups is 1. The summed E-state index contributed by atoms with van der Waals surface area (Å²) in [5, 5.41) is 2.90. The standard InChI is InChI=1S/C17H15BrClN3O4S/c1-25-13-5-3-2-4-11(13)16(24)20-17(27)22-21-15(23)9-26-14-7-6-10(19)8-12(14)18/h2-8H,9H2,1H3,(H,21,23)(H2,20,22,24,27). The van der Waals surface area contributed by atoms with E-state index >= 15 is 0 Å². The minimum Gasteiger partial charge on any atom is -0.496 e. The van der Waals surface area contributed by atoms with Crippen molar-refractivity contribution in [3.8, 4) is 11.5 Å². The minimum atomic E-state index is -0.495. The van der Waals surface area contributed by atoms with Crippen LogP contribution in [0.1, 0.15) is 10.4 Å². The molecule has 0 saturated heterocycles. The molecule has 2 amide bonds. The fourth-order valence-corrected chi connectivity index (χ4v) is 2.87. The van der Waals surface area contributed by atoms with Gasteiger partial charge in [-0.3, -0.25) is 25.8 Å². The largest absolute Gasteiger partial charge is 0.496 e. The smallest absolute Gasteiger partial charge is 0.276 e. The van der Waals surface area contributed by atoms with Crippen molar-refractivity contribution in [1.29, 1.82) is 0 Å². The van der Waals surface area contributed by atoms with E-state index < -0.39 is 11.8 Å². The fourth-order valence-electron chi connectivity index (χ4n) is 1.93. The van der Waals surface area contributed by atoms with Gasteiger partial charge in [-0.05, 0) is 58.5 Å². The molecule has 2 aromatic rings. The van der Waals surface area contributed by atoms with Crippen LogP contribution >= 0.6 is 39.7 Å². The van der Waals surface area contributed by atoms with Crippen LogP contribution in [0.2, 0.25) is 5.02 Å². The van der Waals surface area contributed by atoms with Crippen molar-refractivity contribution in [1.82, 2.24) is 16.2 Å². The molecule has 0 aliphatic rings. The van der Waals surface area contributed by atoms with Gasteiger partial charge in [0.15, 0.2) is 11.7 Å². The van der Waals surface area contributed by atoms with E-state index in [-0.39, 0.29) is 11.7 Å². The molecule has 0 unspecified atom stereocenters. The van der Waals surface area contributed by atoms with Crippen LogP contribution < -0.4 is 25.6 Å². The lowest BCUT2D eigenvalue weighted by molar-refractivity contribution is -0.123. The third-order valence-electron chi connectivity index (χ3n) is 3.15. The summed E-state index contributed by atoms with van der Waals surface area (Å²) < 4.78 is 11.1. The number of ether oxygens (including phenoxy) is 2. The molecule has 3 N–H and O–H groups in total. The van der Waals surface area contributed by atoms with Crippen LogP contribution in [0.5, 0.6) is 11.5 Å². The minimum absolute atomic E-state index is 0.0769. The van der Waals surface area contributed by atoms with E-state index in [2.05, 4.69) is 32.1 Å². The van der Waals surface area contributed by atoms with Crippen LogP contribution in [0.4, 0.5) is 0 Å². The van der Waals surface area contributed by atoms with Gasteiger partial charge in [0, 0.05) is 5.02 Å². The summed E-state index contributed by atoms with van der Waals surface area (Å²) in [7, 11) is 1.46. The molecule has 0 spiro atoms. The number of nitrogens with one attached hydrogen (secondary N) is 3. The zero-order valence-electron chi connectivity index (χ0n) is 14.0. The van der Waals surface area contributed by atoms with Gasteiger partial charge in [0.2, 0.25) is 0 Å². The molecule has 27 heavy (non-hydrogen) atoms. The molecular formula is C17H15BrClN3O4S. The van der Waals surface area contributed by atoms with Crippen molar-refractivity contribution < 1.29 is 19.1 Å². The van der Waals surface area contributed by atoms with Gasteiger partial charge in [0.25, 0.3) is 11.8 Å². The van der Waals surface area contributed by atoms with E-state index in [1.54, 1.807) is 42.5 Å². The number of para-hydroxylation sites is 1. The maximum absolute atomic E-state index is 12.2. The maximum atomic E-state index is 12.2. The first kappa shape index (κ1) is 20.9. The molecule has 10 heteroatoms. The van der Waals surface area contributed by atoms with E-state index in [1.165, 1.54) is 7.11 Å². The molecule has 0 saturated carbocycles. The lowest BCUT2D eigenvalue weighted by Crippen LogP contribution is -2.49. The van der Waals surface area contributed by atoms with Crippen molar-refractivity contribution in [2.24, 2.45) is 0 Å². The van der Waals surface area contributed by atoms with Gasteiger partial charge in [-0.15, -0.1) is 0 Å². The summed E-state index contributed by atoms with van der Waals surface area (Å²) in [4.78, 5) is 24.0. The van der Waals surface area contributed by atoms with E-state index in [4.69, 9.17) is 33.3 Å². The van der Waals surface area contributed by atoms with Crippen LogP contribution in [-0.2, 0) is 4.79 Å². The van der Waals surface area contributed by atoms with Crippen molar-refractivity contribution in [2.75, 3.05) is 13.7 Å². The number of carbonyl (C=O) groups excluding carboxylic acids is 2. The summed E-state index contributed by atoms with van der Waals surface area (Å²) in [6.45, 7) is -0.268. The van der Waals surface area contributed by atoms with Crippen LogP contribution in [0, 0.1) is 0 Å². The molecule has 0 aliphatic carbocycles. The van der Waals surface area contributed by atoms with E-state index in [0.717, 1.165) is 0 Å². The van der Waals surface area contributed by atoms with Crippen molar-refractivity contribution in [3.05, 3.63) is 57.5 Å². The highest BCUT2D eigenvalue weighted by molar-refractivity contribution is 9.10. The summed E-state index contributed by atoms with van der Waals surface area (Å²) >= 11 is 14.1. The third-order valence-corrected chi connectivity index (χ3v) is 4.21. The predicted molar refractivity (Wildman–Crippen MR) is 109 cm³/mol. The highest BCUT2D eigenvalue weighted by Crippen LogP contribution is 2.27. The molecule has 0 aliphatic heterocycles. The van der Waals surface area contributed by atoms with Crippen molar-refractivity contribution in [3.63, 3.8) is 0 Å². The number of halogens is 2. The maximum Gasteiger partial charge on any atom is 0.276 e. The Bertz CT molecular complexity index is 866. The van der Waals surface area contributed by atoms with Crippen molar-refractivity contribution in [2.45, 2.75) is 0 Å². The molecule has 142 valence electrons. The first-order chi connectivity index (χ1) is 12.9. The van der Waals surface area contributed by atoms with E-state index in [9.17, 15) is 9.59 Å². The lowest BCUT2D eigenvalue weighted by atomic mass is 10.2. The summed E-state index contributed by atoms with van der Waals surface area (Å²) in [6, 6.07) is 11.6. The topological polar surface area (TPSA) is 88.7 Å². The van der Waals surface area contributed by atoms with Gasteiger partial charge in [-0.1, -0.05) is 23.7 Å². The monoisotopic (exact) mass is 471 g/mol. The average molecular weight is 473 g/mol. The quantitative estimate of drug-likeness (QED) is 0.458. The van der Waals surface area contributed by atoms with Gasteiger partial charge < -0.3 is 9.47 Å². The summed E-state index contributed by atoms with van der Waals surface area (Å²) in [5.74, 6) is -0.100. The molecule has 0 bridgehead atoms. The SMILES string of the molecule is COc1ccccc1C(=O)NC(=S)NNC(=O)COc1ccc(Cl)cc1Br. The first-order valence-corrected chi connectivity index (χ1v) is 9.09. The van der Waals surface area contributed by atoms with Gasteiger partial charge in [0.05, 0.1) is 17.1 Å². The van der Waals surface area contributed by atoms with E-state index in [1.807, 2.05) is 0 Å². The van der Waals surface area contributed by atoms with Crippen LogP contribution in [0.15, 0.2) is 46.9 Å². The zero-order valence-corrected chi connectivity index (χ0v) is 17.2. The van der Waals surface area contributed by atoms with Gasteiger partial charge in [-0.2, -0.15) is 0 Å². The highest BCUT2D eigenvalue weighted by atomic mass is 79.9. The Morgan fingerprint density at radius 2 is 1.89 bits per heavy atom. The number of amides is 2. The van der Waals surface area contributed by atoms with Crippen LogP contribution in [0.3, 0.4) is 0 Å². The Morgan fingerprint density at radius 1 is 1.15 bits per heavy atom. The van der Waals surface area contributed by atoms with Crippen molar-refractivity contribution >= 4 is 56.7 Å². The Kier molecular flexibility index (Phi) is 7.83. The second-order valence-corrected chi connectivity index (χ2v) is 6.72. The Morgan fingerprint density at radius 3 is 2.59 bits per heavy atom. The molecular weight excluding hydrogens is 458 g/mol. The van der Waals surface area contributed by atoms with E-state index in [0.29, 0.717) is 26.6 Å². The first-order valence-electron chi connectivity index (χ1n) is 7.51. The molecule has 2 rings (SSSR count). The number of hydrazine groups is 1. The van der Waals surface area contributed by atoms with Gasteiger partial charge >= 0.3 is 0 Å². The Labute approximate surface area is 174 Å². The number of carbonyl (C=O) groups is 2. The third kappa shape index (κ3) is 6.38. The van der Waals surface area contributed by atoms with Crippen LogP contribution in [0.25, 0.3) is 0 Å². The molecule has 0 aromatic heterocycles. The summed E-state index contributed by atoms with van der Waals surface area (Å²) in [5.41, 5.74) is 5.06. The number of hydrogen-bond donors (Lipinski definition) is 3. The number of benzene rings is 2. The highest BCUT2D eigenvalue weighted by Gasteiger charge is 2.13.